The fourth-order valence-electron chi connectivity index (χ4n) is 1.53. The molecule has 2 N–H and O–H groups in total. The number of nitrogens with zero attached hydrogens (tertiary/aromatic N) is 1. The van der Waals surface area contributed by atoms with E-state index in [1.165, 1.54) is 0 Å². The van der Waals surface area contributed by atoms with Crippen molar-refractivity contribution in [1.82, 2.24) is 9.62 Å². The zero-order valence-electron chi connectivity index (χ0n) is 9.49. The zero-order valence-corrected chi connectivity index (χ0v) is 10.3. The van der Waals surface area contributed by atoms with Crippen LogP contribution >= 0.6 is 0 Å². The van der Waals surface area contributed by atoms with Crippen LogP contribution in [0.4, 0.5) is 0 Å². The van der Waals surface area contributed by atoms with Crippen LogP contribution < -0.4 is 4.72 Å². The quantitative estimate of drug-likeness (QED) is 0.503. The maximum absolute atomic E-state index is 10.3. The first-order chi connectivity index (χ1) is 6.45. The Balaban J connectivity index is 3.67. The maximum atomic E-state index is 10.3. The van der Waals surface area contributed by atoms with Gasteiger partial charge < -0.3 is 0 Å². The molecule has 0 heterocycles. The summed E-state index contributed by atoms with van der Waals surface area (Å²) in [6.45, 7) is 10.2. The molecule has 14 heavy (non-hydrogen) atoms. The van der Waals surface area contributed by atoms with Gasteiger partial charge >= 0.3 is 0 Å². The van der Waals surface area contributed by atoms with Gasteiger partial charge in [0.1, 0.15) is 0 Å². The van der Waals surface area contributed by atoms with Crippen molar-refractivity contribution in [3.63, 3.8) is 0 Å². The predicted octanol–water partition coefficient (Wildman–Crippen LogP) is 1.22. The van der Waals surface area contributed by atoms with Gasteiger partial charge in [-0.3, -0.25) is 9.45 Å². The summed E-state index contributed by atoms with van der Waals surface area (Å²) in [6, 6.07) is 1.05. The second-order valence-electron chi connectivity index (χ2n) is 3.92. The van der Waals surface area contributed by atoms with E-state index in [1.54, 1.807) is 0 Å². The van der Waals surface area contributed by atoms with Gasteiger partial charge in [-0.05, 0) is 40.7 Å². The summed E-state index contributed by atoms with van der Waals surface area (Å²) < 4.78 is 21.3. The lowest BCUT2D eigenvalue weighted by molar-refractivity contribution is 0.173. The van der Waals surface area contributed by atoms with Crippen LogP contribution in [0.3, 0.4) is 0 Å². The van der Waals surface area contributed by atoms with E-state index in [-0.39, 0.29) is 0 Å². The molecule has 1 unspecified atom stereocenters. The number of nitrogens with one attached hydrogen (secondary N) is 1. The highest BCUT2D eigenvalue weighted by Gasteiger charge is 2.12. The summed E-state index contributed by atoms with van der Waals surface area (Å²) in [6.07, 6.45) is 0.892. The Morgan fingerprint density at radius 3 is 2.14 bits per heavy atom. The van der Waals surface area contributed by atoms with Crippen molar-refractivity contribution in [2.75, 3.05) is 13.1 Å². The number of hydrogen-bond donors (Lipinski definition) is 2. The fraction of sp³-hybridized carbons (Fsp3) is 1.00. The minimum absolute atomic E-state index is 0.523. The average Bonchev–Trinajstić information content (AvgIpc) is 2.01. The summed E-state index contributed by atoms with van der Waals surface area (Å²) in [5, 5.41) is 0. The molecule has 86 valence electrons. The van der Waals surface area contributed by atoms with E-state index in [0.29, 0.717) is 18.6 Å². The monoisotopic (exact) mass is 222 g/mol. The van der Waals surface area contributed by atoms with Crippen molar-refractivity contribution >= 4 is 11.3 Å². The third kappa shape index (κ3) is 6.48. The summed E-state index contributed by atoms with van der Waals surface area (Å²) in [4.78, 5) is 2.36. The highest BCUT2D eigenvalue weighted by atomic mass is 32.2. The van der Waals surface area contributed by atoms with Crippen molar-refractivity contribution in [1.29, 1.82) is 0 Å². The summed E-state index contributed by atoms with van der Waals surface area (Å²) in [5.74, 6) is 0. The summed E-state index contributed by atoms with van der Waals surface area (Å²) in [7, 11) is 0. The predicted molar refractivity (Wildman–Crippen MR) is 60.4 cm³/mol. The van der Waals surface area contributed by atoms with Gasteiger partial charge in [0.05, 0.1) is 0 Å². The molecule has 0 aromatic heterocycles. The van der Waals surface area contributed by atoms with Crippen molar-refractivity contribution in [3.05, 3.63) is 0 Å². The van der Waals surface area contributed by atoms with E-state index < -0.39 is 11.3 Å². The van der Waals surface area contributed by atoms with Crippen LogP contribution in [0.5, 0.6) is 0 Å². The Morgan fingerprint density at radius 1 is 1.29 bits per heavy atom. The van der Waals surface area contributed by atoms with Gasteiger partial charge in [0.25, 0.3) is 0 Å². The molecule has 0 radical (unpaired) electrons. The molecule has 0 saturated heterocycles. The second kappa shape index (κ2) is 7.34. The van der Waals surface area contributed by atoms with E-state index in [4.69, 9.17) is 4.55 Å². The molecule has 1 atom stereocenters. The molecule has 0 aliphatic carbocycles. The molecule has 0 saturated carbocycles. The van der Waals surface area contributed by atoms with Crippen LogP contribution in [0.25, 0.3) is 0 Å². The van der Waals surface area contributed by atoms with Gasteiger partial charge in [0, 0.05) is 18.6 Å². The third-order valence-electron chi connectivity index (χ3n) is 2.15. The van der Waals surface area contributed by atoms with Crippen molar-refractivity contribution in [3.8, 4) is 0 Å². The van der Waals surface area contributed by atoms with Gasteiger partial charge in [-0.25, -0.2) is 8.93 Å². The topological polar surface area (TPSA) is 52.6 Å². The molecule has 0 aliphatic heterocycles. The van der Waals surface area contributed by atoms with Crippen molar-refractivity contribution in [2.24, 2.45) is 0 Å². The lowest BCUT2D eigenvalue weighted by atomic mass is 10.2. The number of hydrogen-bond acceptors (Lipinski definition) is 2. The van der Waals surface area contributed by atoms with Crippen LogP contribution in [0.2, 0.25) is 0 Å². The second-order valence-corrected chi connectivity index (χ2v) is 4.71. The van der Waals surface area contributed by atoms with Crippen LogP contribution in [-0.4, -0.2) is 38.8 Å². The standard InChI is InChI=1S/C9H22N2O2S/c1-8(2)11(9(3)4)7-5-6-10-14(12)13/h8-10H,5-7H2,1-4H3,(H,12,13). The van der Waals surface area contributed by atoms with E-state index >= 15 is 0 Å². The molecule has 4 nitrogen and oxygen atoms in total. The SMILES string of the molecule is CC(C)N(CCCNS(=O)O)C(C)C. The minimum Gasteiger partial charge on any atom is -0.298 e. The minimum atomic E-state index is -1.87. The van der Waals surface area contributed by atoms with Crippen LogP contribution in [0.1, 0.15) is 34.1 Å². The molecule has 0 aliphatic rings. The normalized spacial score (nSPS) is 14.3. The van der Waals surface area contributed by atoms with E-state index in [0.717, 1.165) is 13.0 Å². The van der Waals surface area contributed by atoms with Crippen LogP contribution in [0.15, 0.2) is 0 Å². The molecule has 0 amide bonds. The summed E-state index contributed by atoms with van der Waals surface area (Å²) in [5.41, 5.74) is 0. The molecule has 0 aromatic rings. The van der Waals surface area contributed by atoms with Gasteiger partial charge in [0.2, 0.25) is 11.3 Å². The van der Waals surface area contributed by atoms with Crippen LogP contribution in [-0.2, 0) is 11.3 Å². The molecule has 5 heteroatoms. The molecule has 0 fully saturated rings. The highest BCUT2D eigenvalue weighted by Crippen LogP contribution is 2.04. The Morgan fingerprint density at radius 2 is 1.79 bits per heavy atom. The maximum Gasteiger partial charge on any atom is 0.231 e. The first-order valence-electron chi connectivity index (χ1n) is 5.05. The van der Waals surface area contributed by atoms with E-state index in [2.05, 4.69) is 37.3 Å². The van der Waals surface area contributed by atoms with E-state index in [9.17, 15) is 4.21 Å². The largest absolute Gasteiger partial charge is 0.298 e. The Bertz CT molecular complexity index is 166. The lowest BCUT2D eigenvalue weighted by Crippen LogP contribution is -2.38. The van der Waals surface area contributed by atoms with Gasteiger partial charge in [-0.1, -0.05) is 0 Å². The highest BCUT2D eigenvalue weighted by molar-refractivity contribution is 7.77. The van der Waals surface area contributed by atoms with E-state index in [1.807, 2.05) is 0 Å². The molecular formula is C9H22N2O2S. The van der Waals surface area contributed by atoms with Crippen molar-refractivity contribution in [2.45, 2.75) is 46.2 Å². The molecule has 0 aromatic carbocycles. The smallest absolute Gasteiger partial charge is 0.231 e. The Kier molecular flexibility index (Phi) is 7.35. The molecule has 0 rings (SSSR count). The Labute approximate surface area is 89.5 Å². The molecule has 0 spiro atoms. The Hall–Kier alpha value is 0.0300. The van der Waals surface area contributed by atoms with Crippen LogP contribution in [0, 0.1) is 0 Å². The van der Waals surface area contributed by atoms with Gasteiger partial charge in [-0.2, -0.15) is 0 Å². The third-order valence-corrected chi connectivity index (χ3v) is 2.60. The summed E-state index contributed by atoms with van der Waals surface area (Å²) >= 11 is -1.87. The average molecular weight is 222 g/mol. The fourth-order valence-corrected chi connectivity index (χ4v) is 1.85. The first kappa shape index (κ1) is 14.0. The first-order valence-corrected chi connectivity index (χ1v) is 6.16. The molecule has 0 bridgehead atoms. The number of rotatable bonds is 7. The molecular weight excluding hydrogens is 200 g/mol. The van der Waals surface area contributed by atoms with Crippen molar-refractivity contribution < 1.29 is 8.76 Å². The zero-order chi connectivity index (χ0) is 11.1. The van der Waals surface area contributed by atoms with Gasteiger partial charge in [-0.15, -0.1) is 0 Å². The lowest BCUT2D eigenvalue weighted by Gasteiger charge is -2.30. The van der Waals surface area contributed by atoms with Gasteiger partial charge in [0.15, 0.2) is 0 Å².